The van der Waals surface area contributed by atoms with Gasteiger partial charge in [-0.3, -0.25) is 0 Å². The van der Waals surface area contributed by atoms with Crippen LogP contribution in [0.5, 0.6) is 0 Å². The summed E-state index contributed by atoms with van der Waals surface area (Å²) in [7, 11) is 1.67. The van der Waals surface area contributed by atoms with Gasteiger partial charge in [-0.05, 0) is 12.3 Å². The van der Waals surface area contributed by atoms with Gasteiger partial charge in [-0.15, -0.1) is 0 Å². The normalized spacial score (nSPS) is 13.1. The molecule has 0 amide bonds. The van der Waals surface area contributed by atoms with Crippen LogP contribution >= 0.6 is 15.9 Å². The highest BCUT2D eigenvalue weighted by Gasteiger charge is 1.98. The molecule has 0 aliphatic rings. The van der Waals surface area contributed by atoms with Gasteiger partial charge in [0, 0.05) is 19.0 Å². The average molecular weight is 269 g/mol. The first kappa shape index (κ1) is 14.4. The lowest BCUT2D eigenvalue weighted by Gasteiger charge is -2.08. The summed E-state index contributed by atoms with van der Waals surface area (Å²) in [5.41, 5.74) is 0. The molecule has 0 N–H and O–H groups in total. The molecule has 0 aliphatic carbocycles. The number of methoxy groups -OCH3 is 1. The van der Waals surface area contributed by atoms with Crippen LogP contribution in [0.2, 0.25) is 0 Å². The third-order valence-electron chi connectivity index (χ3n) is 1.82. The summed E-state index contributed by atoms with van der Waals surface area (Å²) in [6, 6.07) is 0. The summed E-state index contributed by atoms with van der Waals surface area (Å²) in [4.78, 5) is 0. The van der Waals surface area contributed by atoms with E-state index in [1.54, 1.807) is 7.11 Å². The Kier molecular flexibility index (Phi) is 11.7. The Morgan fingerprint density at radius 1 is 1.00 bits per heavy atom. The number of hydrogen-bond donors (Lipinski definition) is 0. The maximum Gasteiger partial charge on any atom is 0.0701 e. The smallest absolute Gasteiger partial charge is 0.0701 e. The van der Waals surface area contributed by atoms with Crippen LogP contribution in [0.1, 0.15) is 13.3 Å². The van der Waals surface area contributed by atoms with Crippen molar-refractivity contribution < 1.29 is 14.2 Å². The van der Waals surface area contributed by atoms with Crippen molar-refractivity contribution in [1.29, 1.82) is 0 Å². The minimum atomic E-state index is 0.650. The van der Waals surface area contributed by atoms with E-state index in [0.717, 1.165) is 18.4 Å². The molecule has 0 heterocycles. The molecule has 14 heavy (non-hydrogen) atoms. The van der Waals surface area contributed by atoms with Crippen molar-refractivity contribution in [3.63, 3.8) is 0 Å². The van der Waals surface area contributed by atoms with Crippen molar-refractivity contribution >= 4 is 15.9 Å². The van der Waals surface area contributed by atoms with E-state index in [9.17, 15) is 0 Å². The van der Waals surface area contributed by atoms with Gasteiger partial charge in [0.15, 0.2) is 0 Å². The van der Waals surface area contributed by atoms with Gasteiger partial charge in [-0.1, -0.05) is 22.9 Å². The van der Waals surface area contributed by atoms with Gasteiger partial charge in [-0.2, -0.15) is 0 Å². The van der Waals surface area contributed by atoms with E-state index in [4.69, 9.17) is 14.2 Å². The molecular weight excluding hydrogens is 248 g/mol. The van der Waals surface area contributed by atoms with Crippen molar-refractivity contribution in [2.24, 2.45) is 5.92 Å². The highest BCUT2D eigenvalue weighted by Crippen LogP contribution is 2.04. The SMILES string of the molecule is COCCOCCOCCC(C)CBr. The third-order valence-corrected chi connectivity index (χ3v) is 2.93. The Morgan fingerprint density at radius 2 is 1.57 bits per heavy atom. The molecule has 4 heteroatoms. The highest BCUT2D eigenvalue weighted by molar-refractivity contribution is 9.09. The molecule has 3 nitrogen and oxygen atoms in total. The van der Waals surface area contributed by atoms with E-state index >= 15 is 0 Å². The summed E-state index contributed by atoms with van der Waals surface area (Å²) in [6.07, 6.45) is 1.10. The Balaban J connectivity index is 2.92. The van der Waals surface area contributed by atoms with Crippen LogP contribution < -0.4 is 0 Å². The van der Waals surface area contributed by atoms with Gasteiger partial charge in [0.05, 0.1) is 26.4 Å². The van der Waals surface area contributed by atoms with Crippen molar-refractivity contribution in [3.8, 4) is 0 Å². The van der Waals surface area contributed by atoms with E-state index in [0.29, 0.717) is 32.3 Å². The Labute approximate surface area is 95.2 Å². The van der Waals surface area contributed by atoms with Crippen LogP contribution in [0.4, 0.5) is 0 Å². The molecule has 0 rings (SSSR count). The number of hydrogen-bond acceptors (Lipinski definition) is 3. The summed E-state index contributed by atoms with van der Waals surface area (Å²) in [5.74, 6) is 0.685. The first-order valence-corrected chi connectivity index (χ1v) is 6.13. The lowest BCUT2D eigenvalue weighted by Crippen LogP contribution is -2.10. The molecule has 1 atom stereocenters. The first-order chi connectivity index (χ1) is 6.81. The van der Waals surface area contributed by atoms with Crippen LogP contribution in [0, 0.1) is 5.92 Å². The zero-order valence-electron chi connectivity index (χ0n) is 9.13. The summed E-state index contributed by atoms with van der Waals surface area (Å²) in [6.45, 7) is 5.66. The fourth-order valence-corrected chi connectivity index (χ4v) is 1.15. The Hall–Kier alpha value is 0.360. The number of halogens is 1. The van der Waals surface area contributed by atoms with Crippen LogP contribution in [-0.4, -0.2) is 45.5 Å². The van der Waals surface area contributed by atoms with Crippen LogP contribution in [0.25, 0.3) is 0 Å². The second-order valence-corrected chi connectivity index (χ2v) is 3.91. The van der Waals surface area contributed by atoms with E-state index in [1.807, 2.05) is 0 Å². The van der Waals surface area contributed by atoms with E-state index in [1.165, 1.54) is 0 Å². The predicted octanol–water partition coefficient (Wildman–Crippen LogP) is 2.09. The second kappa shape index (κ2) is 11.4. The van der Waals surface area contributed by atoms with Crippen molar-refractivity contribution in [2.75, 3.05) is 45.5 Å². The highest BCUT2D eigenvalue weighted by atomic mass is 79.9. The quantitative estimate of drug-likeness (QED) is 0.449. The Morgan fingerprint density at radius 3 is 2.14 bits per heavy atom. The molecule has 0 saturated carbocycles. The van der Waals surface area contributed by atoms with Crippen molar-refractivity contribution in [2.45, 2.75) is 13.3 Å². The van der Waals surface area contributed by atoms with E-state index in [2.05, 4.69) is 22.9 Å². The van der Waals surface area contributed by atoms with Gasteiger partial charge in [0.25, 0.3) is 0 Å². The number of rotatable bonds is 10. The molecule has 0 aromatic rings. The summed E-state index contributed by atoms with van der Waals surface area (Å²) >= 11 is 3.43. The zero-order chi connectivity index (χ0) is 10.6. The third kappa shape index (κ3) is 10.4. The van der Waals surface area contributed by atoms with Gasteiger partial charge >= 0.3 is 0 Å². The molecule has 0 radical (unpaired) electrons. The molecule has 0 saturated heterocycles. The molecule has 0 fully saturated rings. The minimum absolute atomic E-state index is 0.650. The minimum Gasteiger partial charge on any atom is -0.382 e. The molecule has 1 unspecified atom stereocenters. The largest absolute Gasteiger partial charge is 0.382 e. The van der Waals surface area contributed by atoms with Gasteiger partial charge in [-0.25, -0.2) is 0 Å². The lowest BCUT2D eigenvalue weighted by atomic mass is 10.1. The molecule has 0 aromatic carbocycles. The number of alkyl halides is 1. The number of ether oxygens (including phenoxy) is 3. The molecule has 0 aromatic heterocycles. The predicted molar refractivity (Wildman–Crippen MR) is 61.1 cm³/mol. The summed E-state index contributed by atoms with van der Waals surface area (Å²) < 4.78 is 15.5. The molecule has 0 aliphatic heterocycles. The summed E-state index contributed by atoms with van der Waals surface area (Å²) in [5, 5.41) is 1.04. The van der Waals surface area contributed by atoms with Gasteiger partial charge < -0.3 is 14.2 Å². The standard InChI is InChI=1S/C10H21BrO3/c1-10(9-11)3-4-13-7-8-14-6-5-12-2/h10H,3-9H2,1-2H3. The fourth-order valence-electron chi connectivity index (χ4n) is 0.826. The van der Waals surface area contributed by atoms with Crippen molar-refractivity contribution in [1.82, 2.24) is 0 Å². The maximum atomic E-state index is 5.40. The molecule has 0 bridgehead atoms. The van der Waals surface area contributed by atoms with Gasteiger partial charge in [0.1, 0.15) is 0 Å². The van der Waals surface area contributed by atoms with Crippen LogP contribution in [0.3, 0.4) is 0 Å². The molecular formula is C10H21BrO3. The zero-order valence-corrected chi connectivity index (χ0v) is 10.7. The van der Waals surface area contributed by atoms with Crippen LogP contribution in [-0.2, 0) is 14.2 Å². The second-order valence-electron chi connectivity index (χ2n) is 3.27. The fraction of sp³-hybridized carbons (Fsp3) is 1.00. The molecule has 0 spiro atoms. The monoisotopic (exact) mass is 268 g/mol. The topological polar surface area (TPSA) is 27.7 Å². The van der Waals surface area contributed by atoms with E-state index < -0.39 is 0 Å². The maximum absolute atomic E-state index is 5.40. The Bertz CT molecular complexity index is 112. The van der Waals surface area contributed by atoms with Crippen molar-refractivity contribution in [3.05, 3.63) is 0 Å². The van der Waals surface area contributed by atoms with Crippen LogP contribution in [0.15, 0.2) is 0 Å². The molecule has 86 valence electrons. The first-order valence-electron chi connectivity index (χ1n) is 5.01. The lowest BCUT2D eigenvalue weighted by molar-refractivity contribution is 0.0227. The average Bonchev–Trinajstić information content (AvgIpc) is 2.21. The van der Waals surface area contributed by atoms with E-state index in [-0.39, 0.29) is 0 Å². The van der Waals surface area contributed by atoms with Gasteiger partial charge in [0.2, 0.25) is 0 Å².